The molecule has 15 heavy (non-hydrogen) atoms. The van der Waals surface area contributed by atoms with E-state index in [1.165, 1.54) is 5.56 Å². The molecule has 1 heterocycles. The quantitative estimate of drug-likeness (QED) is 0.886. The molecule has 2 aromatic rings. The highest BCUT2D eigenvalue weighted by atomic mass is 79.9. The van der Waals surface area contributed by atoms with Gasteiger partial charge in [-0.1, -0.05) is 34.1 Å². The third kappa shape index (κ3) is 2.30. The van der Waals surface area contributed by atoms with E-state index in [9.17, 15) is 5.11 Å². The summed E-state index contributed by atoms with van der Waals surface area (Å²) in [4.78, 5) is 0.978. The Hall–Kier alpha value is -0.640. The molecule has 0 fully saturated rings. The molecule has 1 aromatic carbocycles. The molecule has 0 saturated carbocycles. The Morgan fingerprint density at radius 3 is 2.73 bits per heavy atom. The Kier molecular flexibility index (Phi) is 3.24. The summed E-state index contributed by atoms with van der Waals surface area (Å²) in [6, 6.07) is 9.84. The van der Waals surface area contributed by atoms with E-state index in [0.29, 0.717) is 0 Å². The maximum atomic E-state index is 10.1. The third-order valence-corrected chi connectivity index (χ3v) is 4.10. The molecule has 78 valence electrons. The number of aliphatic hydroxyl groups excluding tert-OH is 1. The molecule has 1 nitrogen and oxygen atoms in total. The molecule has 0 saturated heterocycles. The van der Waals surface area contributed by atoms with Crippen LogP contribution in [-0.2, 0) is 0 Å². The van der Waals surface area contributed by atoms with Crippen molar-refractivity contribution in [2.75, 3.05) is 0 Å². The molecule has 1 atom stereocenters. The van der Waals surface area contributed by atoms with Crippen molar-refractivity contribution in [1.29, 1.82) is 0 Å². The van der Waals surface area contributed by atoms with Crippen molar-refractivity contribution in [2.24, 2.45) is 0 Å². The van der Waals surface area contributed by atoms with Crippen LogP contribution in [0.25, 0.3) is 0 Å². The van der Waals surface area contributed by atoms with Gasteiger partial charge in [-0.15, -0.1) is 11.3 Å². The van der Waals surface area contributed by atoms with Crippen molar-refractivity contribution in [1.82, 2.24) is 0 Å². The standard InChI is InChI=1S/C12H11BrOS/c1-8-4-5-9(7-10(8)13)12(14)11-3-2-6-15-11/h2-7,12,14H,1H3. The van der Waals surface area contributed by atoms with Crippen LogP contribution >= 0.6 is 27.3 Å². The minimum atomic E-state index is -0.512. The van der Waals surface area contributed by atoms with Crippen molar-refractivity contribution < 1.29 is 5.11 Å². The lowest BCUT2D eigenvalue weighted by Crippen LogP contribution is -1.97. The molecule has 0 aliphatic carbocycles. The molecule has 1 N–H and O–H groups in total. The SMILES string of the molecule is Cc1ccc(C(O)c2cccs2)cc1Br. The van der Waals surface area contributed by atoms with Crippen molar-refractivity contribution in [3.63, 3.8) is 0 Å². The molecule has 3 heteroatoms. The zero-order valence-corrected chi connectivity index (χ0v) is 10.7. The molecule has 0 spiro atoms. The molecule has 0 amide bonds. The van der Waals surface area contributed by atoms with Crippen LogP contribution in [0.15, 0.2) is 40.2 Å². The maximum absolute atomic E-state index is 10.1. The number of rotatable bonds is 2. The highest BCUT2D eigenvalue weighted by molar-refractivity contribution is 9.10. The van der Waals surface area contributed by atoms with Gasteiger partial charge in [-0.05, 0) is 35.6 Å². The smallest absolute Gasteiger partial charge is 0.113 e. The third-order valence-electron chi connectivity index (χ3n) is 2.32. The van der Waals surface area contributed by atoms with Gasteiger partial charge < -0.3 is 5.11 Å². The molecule has 0 radical (unpaired) electrons. The Labute approximate surface area is 102 Å². The number of hydrogen-bond acceptors (Lipinski definition) is 2. The highest BCUT2D eigenvalue weighted by Gasteiger charge is 2.11. The van der Waals surface area contributed by atoms with E-state index in [2.05, 4.69) is 15.9 Å². The zero-order valence-electron chi connectivity index (χ0n) is 8.27. The minimum Gasteiger partial charge on any atom is -0.383 e. The second-order valence-corrected chi connectivity index (χ2v) is 5.26. The molecular formula is C12H11BrOS. The predicted molar refractivity (Wildman–Crippen MR) is 67.3 cm³/mol. The summed E-state index contributed by atoms with van der Waals surface area (Å²) in [6.07, 6.45) is -0.512. The Bertz CT molecular complexity index is 451. The molecule has 2 rings (SSSR count). The second kappa shape index (κ2) is 4.47. The first-order valence-electron chi connectivity index (χ1n) is 4.66. The number of aliphatic hydroxyl groups is 1. The first-order valence-corrected chi connectivity index (χ1v) is 6.33. The van der Waals surface area contributed by atoms with Gasteiger partial charge in [0.05, 0.1) is 0 Å². The van der Waals surface area contributed by atoms with Crippen LogP contribution < -0.4 is 0 Å². The largest absolute Gasteiger partial charge is 0.383 e. The number of benzene rings is 1. The molecule has 0 aliphatic rings. The van der Waals surface area contributed by atoms with Crippen LogP contribution in [0.4, 0.5) is 0 Å². The van der Waals surface area contributed by atoms with E-state index >= 15 is 0 Å². The van der Waals surface area contributed by atoms with E-state index in [4.69, 9.17) is 0 Å². The van der Waals surface area contributed by atoms with Crippen molar-refractivity contribution in [2.45, 2.75) is 13.0 Å². The van der Waals surface area contributed by atoms with Crippen LogP contribution in [0.3, 0.4) is 0 Å². The topological polar surface area (TPSA) is 20.2 Å². The fraction of sp³-hybridized carbons (Fsp3) is 0.167. The van der Waals surface area contributed by atoms with E-state index < -0.39 is 6.10 Å². The summed E-state index contributed by atoms with van der Waals surface area (Å²) < 4.78 is 1.04. The molecule has 1 aromatic heterocycles. The van der Waals surface area contributed by atoms with Gasteiger partial charge in [0.15, 0.2) is 0 Å². The normalized spacial score (nSPS) is 12.7. The average Bonchev–Trinajstić information content (AvgIpc) is 2.74. The fourth-order valence-corrected chi connectivity index (χ4v) is 2.52. The maximum Gasteiger partial charge on any atom is 0.113 e. The van der Waals surface area contributed by atoms with Crippen LogP contribution in [0.5, 0.6) is 0 Å². The number of hydrogen-bond donors (Lipinski definition) is 1. The lowest BCUT2D eigenvalue weighted by Gasteiger charge is -2.10. The summed E-state index contributed by atoms with van der Waals surface area (Å²) in [6.45, 7) is 2.03. The fourth-order valence-electron chi connectivity index (χ4n) is 1.39. The number of halogens is 1. The monoisotopic (exact) mass is 282 g/mol. The Balaban J connectivity index is 2.34. The summed E-state index contributed by atoms with van der Waals surface area (Å²) in [5, 5.41) is 12.1. The van der Waals surface area contributed by atoms with Gasteiger partial charge in [-0.3, -0.25) is 0 Å². The van der Waals surface area contributed by atoms with Crippen LogP contribution in [0.2, 0.25) is 0 Å². The van der Waals surface area contributed by atoms with Crippen LogP contribution in [0, 0.1) is 6.92 Å². The van der Waals surface area contributed by atoms with Crippen molar-refractivity contribution in [3.8, 4) is 0 Å². The van der Waals surface area contributed by atoms with Gasteiger partial charge in [-0.2, -0.15) is 0 Å². The van der Waals surface area contributed by atoms with Crippen molar-refractivity contribution >= 4 is 27.3 Å². The molecular weight excluding hydrogens is 272 g/mol. The number of aryl methyl sites for hydroxylation is 1. The van der Waals surface area contributed by atoms with Gasteiger partial charge in [0.1, 0.15) is 6.10 Å². The summed E-state index contributed by atoms with van der Waals surface area (Å²) in [7, 11) is 0. The molecule has 0 aliphatic heterocycles. The molecule has 0 bridgehead atoms. The first kappa shape index (κ1) is 10.9. The lowest BCUT2D eigenvalue weighted by atomic mass is 10.1. The summed E-state index contributed by atoms with van der Waals surface area (Å²) in [5.74, 6) is 0. The van der Waals surface area contributed by atoms with E-state index in [0.717, 1.165) is 14.9 Å². The Morgan fingerprint density at radius 2 is 2.13 bits per heavy atom. The van der Waals surface area contributed by atoms with E-state index in [1.807, 2.05) is 42.6 Å². The first-order chi connectivity index (χ1) is 7.18. The summed E-state index contributed by atoms with van der Waals surface area (Å²) >= 11 is 5.04. The zero-order chi connectivity index (χ0) is 10.8. The van der Waals surface area contributed by atoms with Gasteiger partial charge in [0.25, 0.3) is 0 Å². The van der Waals surface area contributed by atoms with Crippen LogP contribution in [-0.4, -0.2) is 5.11 Å². The van der Waals surface area contributed by atoms with Gasteiger partial charge in [0, 0.05) is 9.35 Å². The van der Waals surface area contributed by atoms with Crippen molar-refractivity contribution in [3.05, 3.63) is 56.2 Å². The lowest BCUT2D eigenvalue weighted by molar-refractivity contribution is 0.224. The van der Waals surface area contributed by atoms with E-state index in [1.54, 1.807) is 11.3 Å². The van der Waals surface area contributed by atoms with Gasteiger partial charge in [-0.25, -0.2) is 0 Å². The second-order valence-electron chi connectivity index (χ2n) is 3.43. The highest BCUT2D eigenvalue weighted by Crippen LogP contribution is 2.28. The van der Waals surface area contributed by atoms with E-state index in [-0.39, 0.29) is 0 Å². The predicted octanol–water partition coefficient (Wildman–Crippen LogP) is 3.90. The van der Waals surface area contributed by atoms with Gasteiger partial charge in [0.2, 0.25) is 0 Å². The number of thiophene rings is 1. The molecule has 1 unspecified atom stereocenters. The Morgan fingerprint density at radius 1 is 1.33 bits per heavy atom. The minimum absolute atomic E-state index is 0.512. The average molecular weight is 283 g/mol. The van der Waals surface area contributed by atoms with Crippen LogP contribution in [0.1, 0.15) is 22.1 Å². The summed E-state index contributed by atoms with van der Waals surface area (Å²) in [5.41, 5.74) is 2.10. The van der Waals surface area contributed by atoms with Gasteiger partial charge >= 0.3 is 0 Å².